The second kappa shape index (κ2) is 6.04. The molecule has 0 aliphatic rings. The van der Waals surface area contributed by atoms with E-state index in [0.29, 0.717) is 0 Å². The number of rotatable bonds is 3. The molecule has 2 rings (SSSR count). The van der Waals surface area contributed by atoms with Gasteiger partial charge in [0.05, 0.1) is 5.92 Å². The molecule has 1 heterocycles. The first-order chi connectivity index (χ1) is 9.87. The van der Waals surface area contributed by atoms with Gasteiger partial charge in [-0.2, -0.15) is 0 Å². The van der Waals surface area contributed by atoms with E-state index in [2.05, 4.69) is 9.97 Å². The van der Waals surface area contributed by atoms with Crippen molar-refractivity contribution in [1.29, 1.82) is 0 Å². The molecule has 0 bridgehead atoms. The van der Waals surface area contributed by atoms with Crippen molar-refractivity contribution in [3.8, 4) is 11.1 Å². The molecular weight excluding hydrogens is 264 g/mol. The third-order valence-corrected chi connectivity index (χ3v) is 3.04. The SMILES string of the molecule is CC(C(=O)OC(C)(C)C)c1cccc(-c2cncnc2)c1. The second-order valence-electron chi connectivity index (χ2n) is 6.01. The zero-order valence-electron chi connectivity index (χ0n) is 12.8. The van der Waals surface area contributed by atoms with Crippen LogP contribution in [0.4, 0.5) is 0 Å². The molecule has 1 atom stereocenters. The van der Waals surface area contributed by atoms with E-state index < -0.39 is 5.60 Å². The Bertz CT molecular complexity index is 618. The fourth-order valence-corrected chi connectivity index (χ4v) is 1.96. The predicted octanol–water partition coefficient (Wildman–Crippen LogP) is 3.59. The van der Waals surface area contributed by atoms with Crippen LogP contribution in [-0.4, -0.2) is 21.5 Å². The zero-order valence-corrected chi connectivity index (χ0v) is 12.8. The summed E-state index contributed by atoms with van der Waals surface area (Å²) >= 11 is 0. The van der Waals surface area contributed by atoms with Crippen molar-refractivity contribution >= 4 is 5.97 Å². The van der Waals surface area contributed by atoms with Crippen molar-refractivity contribution in [2.75, 3.05) is 0 Å². The second-order valence-corrected chi connectivity index (χ2v) is 6.01. The lowest BCUT2D eigenvalue weighted by Gasteiger charge is -2.22. The molecule has 4 heteroatoms. The summed E-state index contributed by atoms with van der Waals surface area (Å²) < 4.78 is 5.44. The molecule has 0 aliphatic carbocycles. The molecule has 0 amide bonds. The molecule has 0 fully saturated rings. The standard InChI is InChI=1S/C17H20N2O2/c1-12(16(20)21-17(2,3)4)13-6-5-7-14(8-13)15-9-18-11-19-10-15/h5-12H,1-4H3. The summed E-state index contributed by atoms with van der Waals surface area (Å²) in [6.07, 6.45) is 5.01. The fraction of sp³-hybridized carbons (Fsp3) is 0.353. The molecule has 2 aromatic rings. The third-order valence-electron chi connectivity index (χ3n) is 3.04. The Morgan fingerprint density at radius 2 is 1.81 bits per heavy atom. The van der Waals surface area contributed by atoms with Crippen LogP contribution in [0.5, 0.6) is 0 Å². The molecule has 0 saturated heterocycles. The van der Waals surface area contributed by atoms with Crippen LogP contribution < -0.4 is 0 Å². The van der Waals surface area contributed by atoms with Gasteiger partial charge in [0.1, 0.15) is 11.9 Å². The van der Waals surface area contributed by atoms with E-state index in [-0.39, 0.29) is 11.9 Å². The van der Waals surface area contributed by atoms with E-state index in [9.17, 15) is 4.79 Å². The molecule has 4 nitrogen and oxygen atoms in total. The average molecular weight is 284 g/mol. The highest BCUT2D eigenvalue weighted by Crippen LogP contribution is 2.25. The van der Waals surface area contributed by atoms with Crippen LogP contribution in [0, 0.1) is 0 Å². The molecule has 1 unspecified atom stereocenters. The number of ether oxygens (including phenoxy) is 1. The number of hydrogen-bond acceptors (Lipinski definition) is 4. The molecule has 1 aromatic heterocycles. The van der Waals surface area contributed by atoms with E-state index in [1.807, 2.05) is 52.0 Å². The largest absolute Gasteiger partial charge is 0.460 e. The Morgan fingerprint density at radius 3 is 2.43 bits per heavy atom. The van der Waals surface area contributed by atoms with Gasteiger partial charge in [0.25, 0.3) is 0 Å². The van der Waals surface area contributed by atoms with Gasteiger partial charge in [-0.25, -0.2) is 9.97 Å². The van der Waals surface area contributed by atoms with Gasteiger partial charge in [-0.1, -0.05) is 24.3 Å². The lowest BCUT2D eigenvalue weighted by Crippen LogP contribution is -2.26. The fourth-order valence-electron chi connectivity index (χ4n) is 1.96. The van der Waals surface area contributed by atoms with E-state index in [0.717, 1.165) is 16.7 Å². The van der Waals surface area contributed by atoms with Crippen LogP contribution in [0.3, 0.4) is 0 Å². The number of carbonyl (C=O) groups excluding carboxylic acids is 1. The third kappa shape index (κ3) is 4.12. The Balaban J connectivity index is 2.23. The highest BCUT2D eigenvalue weighted by atomic mass is 16.6. The number of benzene rings is 1. The van der Waals surface area contributed by atoms with Crippen molar-refractivity contribution in [2.45, 2.75) is 39.2 Å². The van der Waals surface area contributed by atoms with Crippen molar-refractivity contribution in [1.82, 2.24) is 9.97 Å². The summed E-state index contributed by atoms with van der Waals surface area (Å²) in [6, 6.07) is 7.82. The molecule has 0 N–H and O–H groups in total. The number of nitrogens with zero attached hydrogens (tertiary/aromatic N) is 2. The van der Waals surface area contributed by atoms with Crippen molar-refractivity contribution < 1.29 is 9.53 Å². The highest BCUT2D eigenvalue weighted by molar-refractivity contribution is 5.79. The molecule has 110 valence electrons. The van der Waals surface area contributed by atoms with Crippen LogP contribution in [0.15, 0.2) is 43.0 Å². The molecule has 21 heavy (non-hydrogen) atoms. The lowest BCUT2D eigenvalue weighted by atomic mass is 9.97. The smallest absolute Gasteiger partial charge is 0.313 e. The quantitative estimate of drug-likeness (QED) is 0.808. The number of esters is 1. The minimum Gasteiger partial charge on any atom is -0.460 e. The molecule has 0 radical (unpaired) electrons. The predicted molar refractivity (Wildman–Crippen MR) is 81.7 cm³/mol. The summed E-state index contributed by atoms with van der Waals surface area (Å²) in [5, 5.41) is 0. The molecule has 0 aliphatic heterocycles. The number of carbonyl (C=O) groups is 1. The summed E-state index contributed by atoms with van der Waals surface area (Å²) in [7, 11) is 0. The van der Waals surface area contributed by atoms with Gasteiger partial charge in [-0.15, -0.1) is 0 Å². The Kier molecular flexibility index (Phi) is 4.36. The highest BCUT2D eigenvalue weighted by Gasteiger charge is 2.23. The topological polar surface area (TPSA) is 52.1 Å². The molecule has 0 saturated carbocycles. The van der Waals surface area contributed by atoms with Crippen molar-refractivity contribution in [2.24, 2.45) is 0 Å². The Hall–Kier alpha value is -2.23. The maximum atomic E-state index is 12.2. The van der Waals surface area contributed by atoms with E-state index >= 15 is 0 Å². The van der Waals surface area contributed by atoms with Gasteiger partial charge in [-0.3, -0.25) is 4.79 Å². The van der Waals surface area contributed by atoms with E-state index in [1.54, 1.807) is 12.4 Å². The summed E-state index contributed by atoms with van der Waals surface area (Å²) in [5.74, 6) is -0.530. The summed E-state index contributed by atoms with van der Waals surface area (Å²) in [6.45, 7) is 7.47. The maximum absolute atomic E-state index is 12.2. The Labute approximate surface area is 125 Å². The van der Waals surface area contributed by atoms with Crippen LogP contribution in [-0.2, 0) is 9.53 Å². The summed E-state index contributed by atoms with van der Waals surface area (Å²) in [5.41, 5.74) is 2.36. The van der Waals surface area contributed by atoms with Crippen LogP contribution >= 0.6 is 0 Å². The zero-order chi connectivity index (χ0) is 15.5. The minimum atomic E-state index is -0.476. The van der Waals surface area contributed by atoms with E-state index in [4.69, 9.17) is 4.74 Å². The van der Waals surface area contributed by atoms with Crippen molar-refractivity contribution in [3.63, 3.8) is 0 Å². The number of hydrogen-bond donors (Lipinski definition) is 0. The first-order valence-electron chi connectivity index (χ1n) is 6.95. The van der Waals surface area contributed by atoms with Gasteiger partial charge >= 0.3 is 5.97 Å². The number of aromatic nitrogens is 2. The van der Waals surface area contributed by atoms with Gasteiger partial charge in [0.15, 0.2) is 0 Å². The molecular formula is C17H20N2O2. The first-order valence-corrected chi connectivity index (χ1v) is 6.95. The van der Waals surface area contributed by atoms with Crippen LogP contribution in [0.2, 0.25) is 0 Å². The van der Waals surface area contributed by atoms with E-state index in [1.165, 1.54) is 6.33 Å². The summed E-state index contributed by atoms with van der Waals surface area (Å²) in [4.78, 5) is 20.2. The van der Waals surface area contributed by atoms with Gasteiger partial charge < -0.3 is 4.74 Å². The van der Waals surface area contributed by atoms with Gasteiger partial charge in [0.2, 0.25) is 0 Å². The maximum Gasteiger partial charge on any atom is 0.313 e. The molecule has 0 spiro atoms. The van der Waals surface area contributed by atoms with Crippen LogP contribution in [0.25, 0.3) is 11.1 Å². The monoisotopic (exact) mass is 284 g/mol. The van der Waals surface area contributed by atoms with Crippen molar-refractivity contribution in [3.05, 3.63) is 48.5 Å². The lowest BCUT2D eigenvalue weighted by molar-refractivity contribution is -0.156. The Morgan fingerprint density at radius 1 is 1.14 bits per heavy atom. The molecule has 1 aromatic carbocycles. The van der Waals surface area contributed by atoms with Gasteiger partial charge in [0, 0.05) is 18.0 Å². The van der Waals surface area contributed by atoms with Gasteiger partial charge in [-0.05, 0) is 38.8 Å². The first kappa shape index (κ1) is 15.2. The van der Waals surface area contributed by atoms with Crippen LogP contribution in [0.1, 0.15) is 39.2 Å². The minimum absolute atomic E-state index is 0.219. The average Bonchev–Trinajstić information content (AvgIpc) is 2.46. The normalized spacial score (nSPS) is 12.8.